The van der Waals surface area contributed by atoms with Crippen LogP contribution in [-0.2, 0) is 55.9 Å². The predicted octanol–water partition coefficient (Wildman–Crippen LogP) is -1.95. The van der Waals surface area contributed by atoms with Gasteiger partial charge in [-0.2, -0.15) is 38.8 Å². The number of ether oxygens (including phenoxy) is 8. The second kappa shape index (κ2) is 55.0. The molecule has 0 saturated heterocycles. The number of ketones is 1. The number of aromatic nitrogens is 10. The molecular formula is C49H63BBr4Cl2ILiMgMnN13O16S. The van der Waals surface area contributed by atoms with Crippen molar-refractivity contribution in [2.45, 2.75) is 60.0 Å². The van der Waals surface area contributed by atoms with Gasteiger partial charge in [0.2, 0.25) is 47.1 Å². The number of Topliss-reactive ketones (excluding diaryl/α,β-unsaturated/α-hetero) is 1. The zero-order chi connectivity index (χ0) is 65.5. The summed E-state index contributed by atoms with van der Waals surface area (Å²) in [5.74, 6) is 0.524. The van der Waals surface area contributed by atoms with Gasteiger partial charge in [-0.25, -0.2) is 24.9 Å². The maximum atomic E-state index is 12.1. The number of hydrogen-bond acceptors (Lipinski definition) is 30. The molecule has 5 aromatic rings. The Morgan fingerprint density at radius 3 is 1.51 bits per heavy atom. The minimum absolute atomic E-state index is 0. The summed E-state index contributed by atoms with van der Waals surface area (Å²) >= 11 is 16.7. The number of anilines is 2. The van der Waals surface area contributed by atoms with Gasteiger partial charge in [-0.15, -0.1) is 0 Å². The second-order valence-corrected chi connectivity index (χ2v) is 20.9. The molecule has 3 fully saturated rings. The minimum atomic E-state index is -1.44. The fourth-order valence-corrected chi connectivity index (χ4v) is 7.81. The summed E-state index contributed by atoms with van der Waals surface area (Å²) in [4.78, 5) is 95.0. The van der Waals surface area contributed by atoms with Crippen molar-refractivity contribution >= 4 is 172 Å². The Labute approximate surface area is 621 Å². The van der Waals surface area contributed by atoms with Crippen LogP contribution in [0.25, 0.3) is 0 Å². The van der Waals surface area contributed by atoms with Crippen LogP contribution in [0.1, 0.15) is 76.4 Å². The summed E-state index contributed by atoms with van der Waals surface area (Å²) in [5, 5.41) is 10.2. The average molecular weight is 1740 g/mol. The normalized spacial score (nSPS) is 15.9. The number of hydrogen-bond donors (Lipinski definition) is 4. The average Bonchev–Trinajstić information content (AvgIpc) is 1.96. The molecule has 0 bridgehead atoms. The first kappa shape index (κ1) is 95.3. The van der Waals surface area contributed by atoms with Gasteiger partial charge in [-0.1, -0.05) is 0 Å². The van der Waals surface area contributed by atoms with Crippen molar-refractivity contribution in [1.29, 1.82) is 0 Å². The van der Waals surface area contributed by atoms with E-state index in [9.17, 15) is 29.1 Å². The van der Waals surface area contributed by atoms with Crippen LogP contribution in [0.5, 0.6) is 29.4 Å². The third-order valence-corrected chi connectivity index (χ3v) is 12.8. The number of aliphatic hydroxyl groups is 1. The van der Waals surface area contributed by atoms with E-state index in [4.69, 9.17) is 57.0 Å². The number of rotatable bonds is 16. The Balaban J connectivity index is -0.000000317. The number of nitrogens with zero attached hydrogens (tertiary/aromatic N) is 11. The molecule has 5 N–H and O–H groups in total. The molecule has 0 spiro atoms. The number of methoxy groups -OCH3 is 5. The van der Waals surface area contributed by atoms with E-state index in [0.29, 0.717) is 85.7 Å². The van der Waals surface area contributed by atoms with Crippen LogP contribution < -0.4 is 78.8 Å². The van der Waals surface area contributed by atoms with Crippen molar-refractivity contribution in [2.24, 2.45) is 39.8 Å². The first-order valence-corrected chi connectivity index (χ1v) is 30.3. The quantitative estimate of drug-likeness (QED) is 0.00960. The van der Waals surface area contributed by atoms with Crippen LogP contribution in [0.15, 0.2) is 59.2 Å². The zero-order valence-corrected chi connectivity index (χ0v) is 63.8. The number of halogens is 7. The topological polar surface area (TPSA) is 407 Å². The van der Waals surface area contributed by atoms with E-state index in [1.807, 2.05) is 42.9 Å². The Morgan fingerprint density at radius 1 is 0.689 bits per heavy atom. The first-order chi connectivity index (χ1) is 41.0. The van der Waals surface area contributed by atoms with Crippen LogP contribution in [-0.4, -0.2) is 171 Å². The number of nitrogens with two attached hydrogens (primary N) is 2. The molecule has 7 unspecified atom stereocenters. The third-order valence-electron chi connectivity index (χ3n) is 10.1. The number of carbonyl (C=O) groups excluding carboxylic acids is 5. The molecule has 7 atom stereocenters. The van der Waals surface area contributed by atoms with E-state index in [-0.39, 0.29) is 149 Å². The van der Waals surface area contributed by atoms with E-state index in [0.717, 1.165) is 10.8 Å². The molecule has 3 aliphatic rings. The number of carbonyl (C=O) groups is 5. The standard InChI is InChI=1S/C12H15BrN2O4.C12H13BrN2O4.C7H10O3.C5H4BrIN2O.C5H6BrN3O.C5H7N3O.C3H7.BHNS.2ClH.Li.Mg.Mn.2O/c2*1-3-19-12(17)7-4-6(7)9(16)10-14-5-8(13)11(15-10)18-2;1-2-10-7(9)6-3-5(6)4-8;2*1-10-4-3(6)2-8-5(7)9-4;1-9-4-2-3-7-5(6)8-4;1-3-2;1-2-3;;;;;;;/h5-7,9,16H,3-4H2,1-2H3;5-7H,3-4H2,1-2H3;4-6H,2-3H2,1H3;2H,1H3;2H,1H3,(H2,7,8,9);2-3H,1H3,(H2,6,7,8);3H,1-2H3;3H;2*1H;;;;;/q;;;;;;-1;;;;+1;+2;;;/p-2. The Bertz CT molecular complexity index is 2940. The van der Waals surface area contributed by atoms with Gasteiger partial charge in [-0.3, -0.25) is 19.2 Å². The van der Waals surface area contributed by atoms with Gasteiger partial charge in [0.05, 0.1) is 97.2 Å². The summed E-state index contributed by atoms with van der Waals surface area (Å²) in [6.07, 6.45) is 11.4. The number of esters is 3. The van der Waals surface area contributed by atoms with E-state index < -0.39 is 20.9 Å². The maximum absolute atomic E-state index is 12.1. The van der Waals surface area contributed by atoms with Gasteiger partial charge in [0.25, 0.3) is 0 Å². The summed E-state index contributed by atoms with van der Waals surface area (Å²) < 4.78 is 61.9. The second-order valence-electron chi connectivity index (χ2n) is 16.1. The monoisotopic (exact) mass is 1730 g/mol. The van der Waals surface area contributed by atoms with Gasteiger partial charge in [0.15, 0.2) is 15.5 Å². The van der Waals surface area contributed by atoms with Crippen LogP contribution in [0.3, 0.4) is 0 Å². The van der Waals surface area contributed by atoms with Gasteiger partial charge in [-0.05, 0) is 104 Å². The van der Waals surface area contributed by atoms with Crippen molar-refractivity contribution in [2.75, 3.05) is 66.8 Å². The first-order valence-electron chi connectivity index (χ1n) is 24.6. The number of aldehydes is 1. The molecule has 0 amide bonds. The predicted molar refractivity (Wildman–Crippen MR) is 335 cm³/mol. The fourth-order valence-electron chi connectivity index (χ4n) is 6.04. The summed E-state index contributed by atoms with van der Waals surface area (Å²) in [6, 6.07) is 1.64. The van der Waals surface area contributed by atoms with Crippen LogP contribution in [0.2, 0.25) is 0 Å². The summed E-state index contributed by atoms with van der Waals surface area (Å²) in [5.41, 5.74) is 10.5. The molecule has 90 heavy (non-hydrogen) atoms. The van der Waals surface area contributed by atoms with E-state index in [1.54, 1.807) is 52.5 Å². The molecule has 0 aliphatic heterocycles. The van der Waals surface area contributed by atoms with Crippen LogP contribution in [0, 0.1) is 45.8 Å². The van der Waals surface area contributed by atoms with Crippen molar-refractivity contribution in [1.82, 2.24) is 49.8 Å². The Hall–Kier alpha value is -3.36. The molecule has 3 aliphatic carbocycles. The zero-order valence-electron chi connectivity index (χ0n) is 50.3. The van der Waals surface area contributed by atoms with E-state index >= 15 is 0 Å². The fraction of sp³-hybridized carbons (Fsp3) is 0.469. The molecule has 8 rings (SSSR count). The van der Waals surface area contributed by atoms with Gasteiger partial charge in [0, 0.05) is 71.2 Å². The number of nitrogen functional groups attached to an aromatic ring is 2. The van der Waals surface area contributed by atoms with Crippen molar-refractivity contribution in [3.05, 3.63) is 76.8 Å². The van der Waals surface area contributed by atoms with E-state index in [2.05, 4.69) is 138 Å². The van der Waals surface area contributed by atoms with Crippen molar-refractivity contribution in [3.63, 3.8) is 0 Å². The molecule has 41 heteroatoms. The van der Waals surface area contributed by atoms with E-state index in [1.165, 1.54) is 40.8 Å². The van der Waals surface area contributed by atoms with Crippen molar-refractivity contribution in [3.8, 4) is 29.4 Å². The molecule has 29 nitrogen and oxygen atoms in total. The SMILES string of the molecule is CCOC(=O)C1CC1C(=O)c1ncc(Br)c(OC)n1.CCOC(=O)C1CC1C(O)c1ncc(Br)c(OC)n1.CCOC(=O)C1CC1C=O.COc1ccnc(N)n1.COc1nc(I)ncc1Br.COc1nc(N)ncc1Br.C[CH-]C.[B]=NS.[Cl-].[Cl-].[Li+].[Mg+2].[O]=[Mn]=[O]. The molecule has 1 radical (unpaired) electrons. The van der Waals surface area contributed by atoms with Crippen LogP contribution >= 0.6 is 99.1 Å². The van der Waals surface area contributed by atoms with Crippen molar-refractivity contribution < 1.29 is 133 Å². The summed E-state index contributed by atoms with van der Waals surface area (Å²) in [7, 11) is 11.9. The molecule has 3 saturated carbocycles. The van der Waals surface area contributed by atoms with Gasteiger partial charge < -0.3 is 90.5 Å². The molecule has 0 aromatic carbocycles. The molecular weight excluding hydrogens is 1670 g/mol. The Morgan fingerprint density at radius 2 is 1.10 bits per heavy atom. The van der Waals surface area contributed by atoms with Gasteiger partial charge in [0.1, 0.15) is 12.4 Å². The summed E-state index contributed by atoms with van der Waals surface area (Å²) in [6.45, 7) is 10.3. The third kappa shape index (κ3) is 37.5. The molecule has 5 aromatic heterocycles. The van der Waals surface area contributed by atoms with Gasteiger partial charge >= 0.3 is 107 Å². The number of thiol groups is 1. The Kier molecular flexibility index (Phi) is 58.2. The molecule has 5 heterocycles. The van der Waals surface area contributed by atoms with Crippen LogP contribution in [0.4, 0.5) is 11.9 Å². The molecule has 488 valence electrons. The number of aliphatic hydroxyl groups excluding tert-OH is 1.